The number of nitrogens with one attached hydrogen (secondary N) is 1. The van der Waals surface area contributed by atoms with Gasteiger partial charge >= 0.3 is 0 Å². The highest BCUT2D eigenvalue weighted by molar-refractivity contribution is 5.92. The lowest BCUT2D eigenvalue weighted by atomic mass is 10.0. The lowest BCUT2D eigenvalue weighted by Crippen LogP contribution is -2.46. The number of nitrogens with zero attached hydrogens (tertiary/aromatic N) is 2. The minimum atomic E-state index is -0.0630. The summed E-state index contributed by atoms with van der Waals surface area (Å²) >= 11 is 0. The molecule has 2 aromatic rings. The zero-order valence-electron chi connectivity index (χ0n) is 12.2. The van der Waals surface area contributed by atoms with Crippen LogP contribution < -0.4 is 0 Å². The minimum Gasteiger partial charge on any atom is -0.374 e. The van der Waals surface area contributed by atoms with Crippen molar-refractivity contribution in [3.8, 4) is 0 Å². The zero-order valence-corrected chi connectivity index (χ0v) is 12.2. The monoisotopic (exact) mass is 285 g/mol. The molecular weight excluding hydrogens is 266 g/mol. The fraction of sp³-hybridized carbons (Fsp3) is 0.375. The van der Waals surface area contributed by atoms with E-state index in [1.54, 1.807) is 6.07 Å². The average Bonchev–Trinajstić information content (AvgIpc) is 2.94. The first kappa shape index (κ1) is 13.8. The molecule has 3 rings (SSSR count). The van der Waals surface area contributed by atoms with E-state index < -0.39 is 0 Å². The Morgan fingerprint density at radius 2 is 2.14 bits per heavy atom. The summed E-state index contributed by atoms with van der Waals surface area (Å²) in [4.78, 5) is 14.6. The van der Waals surface area contributed by atoms with Crippen molar-refractivity contribution < 1.29 is 9.53 Å². The maximum Gasteiger partial charge on any atom is 0.275 e. The normalized spacial score (nSPS) is 22.3. The second kappa shape index (κ2) is 5.69. The fourth-order valence-electron chi connectivity index (χ4n) is 2.65. The summed E-state index contributed by atoms with van der Waals surface area (Å²) in [6, 6.07) is 11.7. The van der Waals surface area contributed by atoms with Gasteiger partial charge in [-0.1, -0.05) is 30.3 Å². The van der Waals surface area contributed by atoms with Crippen molar-refractivity contribution in [2.45, 2.75) is 26.0 Å². The van der Waals surface area contributed by atoms with Crippen molar-refractivity contribution in [1.82, 2.24) is 15.1 Å². The third kappa shape index (κ3) is 2.83. The van der Waals surface area contributed by atoms with Crippen LogP contribution in [-0.4, -0.2) is 40.3 Å². The van der Waals surface area contributed by atoms with Gasteiger partial charge in [-0.25, -0.2) is 0 Å². The number of H-pyrrole nitrogens is 1. The summed E-state index contributed by atoms with van der Waals surface area (Å²) in [6.07, 6.45) is 0.0361. The highest BCUT2D eigenvalue weighted by Gasteiger charge is 2.33. The maximum absolute atomic E-state index is 12.7. The second-order valence-corrected chi connectivity index (χ2v) is 5.46. The van der Waals surface area contributed by atoms with E-state index in [0.29, 0.717) is 18.8 Å². The van der Waals surface area contributed by atoms with E-state index in [0.717, 1.165) is 11.3 Å². The van der Waals surface area contributed by atoms with E-state index in [-0.39, 0.29) is 18.1 Å². The van der Waals surface area contributed by atoms with Crippen LogP contribution in [0.25, 0.3) is 0 Å². The average molecular weight is 285 g/mol. The number of morpholine rings is 1. The zero-order chi connectivity index (χ0) is 14.8. The summed E-state index contributed by atoms with van der Waals surface area (Å²) in [5.74, 6) is -0.0525. The quantitative estimate of drug-likeness (QED) is 0.921. The Balaban J connectivity index is 1.90. The maximum atomic E-state index is 12.7. The summed E-state index contributed by atoms with van der Waals surface area (Å²) in [5, 5.41) is 6.91. The Bertz CT molecular complexity index is 623. The van der Waals surface area contributed by atoms with Crippen molar-refractivity contribution in [3.05, 3.63) is 53.3 Å². The number of ether oxygens (including phenoxy) is 1. The lowest BCUT2D eigenvalue weighted by molar-refractivity contribution is -0.0449. The molecule has 0 spiro atoms. The topological polar surface area (TPSA) is 58.2 Å². The second-order valence-electron chi connectivity index (χ2n) is 5.46. The number of hydrogen-bond acceptors (Lipinski definition) is 3. The number of aryl methyl sites for hydroxylation is 1. The molecule has 0 unspecified atom stereocenters. The first-order valence-electron chi connectivity index (χ1n) is 7.14. The number of benzene rings is 1. The summed E-state index contributed by atoms with van der Waals surface area (Å²) < 4.78 is 5.74. The highest BCUT2D eigenvalue weighted by atomic mass is 16.5. The van der Waals surface area contributed by atoms with Gasteiger partial charge < -0.3 is 9.64 Å². The first-order chi connectivity index (χ1) is 10.1. The molecule has 1 aliphatic rings. The molecule has 0 bridgehead atoms. The fourth-order valence-corrected chi connectivity index (χ4v) is 2.65. The van der Waals surface area contributed by atoms with Gasteiger partial charge in [0.25, 0.3) is 5.91 Å². The van der Waals surface area contributed by atoms with Crippen molar-refractivity contribution in [2.24, 2.45) is 0 Å². The molecule has 1 aliphatic heterocycles. The standard InChI is InChI=1S/C16H19N3O2/c1-11-8-14(18-17-11)16(20)19-9-12(2)21-10-15(19)13-6-4-3-5-7-13/h3-8,12,15H,9-10H2,1-2H3,(H,17,18)/t12-,15-/m0/s1. The van der Waals surface area contributed by atoms with E-state index in [4.69, 9.17) is 4.74 Å². The Morgan fingerprint density at radius 3 is 2.81 bits per heavy atom. The third-order valence-corrected chi connectivity index (χ3v) is 3.74. The molecular formula is C16H19N3O2. The molecule has 0 aliphatic carbocycles. The summed E-state index contributed by atoms with van der Waals surface area (Å²) in [7, 11) is 0. The van der Waals surface area contributed by atoms with Gasteiger partial charge in [-0.05, 0) is 25.5 Å². The van der Waals surface area contributed by atoms with Gasteiger partial charge in [0.2, 0.25) is 0 Å². The summed E-state index contributed by atoms with van der Waals surface area (Å²) in [5.41, 5.74) is 2.43. The number of aromatic amines is 1. The van der Waals surface area contributed by atoms with Crippen LogP contribution >= 0.6 is 0 Å². The number of carbonyl (C=O) groups is 1. The van der Waals surface area contributed by atoms with Crippen LogP contribution in [0.5, 0.6) is 0 Å². The number of aromatic nitrogens is 2. The largest absolute Gasteiger partial charge is 0.374 e. The van der Waals surface area contributed by atoms with Gasteiger partial charge in [-0.3, -0.25) is 9.89 Å². The van der Waals surface area contributed by atoms with Crippen LogP contribution in [0.15, 0.2) is 36.4 Å². The Morgan fingerprint density at radius 1 is 1.38 bits per heavy atom. The molecule has 1 amide bonds. The third-order valence-electron chi connectivity index (χ3n) is 3.74. The molecule has 1 fully saturated rings. The van der Waals surface area contributed by atoms with Crippen LogP contribution in [0.3, 0.4) is 0 Å². The van der Waals surface area contributed by atoms with Crippen LogP contribution in [-0.2, 0) is 4.74 Å². The molecule has 21 heavy (non-hydrogen) atoms. The van der Waals surface area contributed by atoms with Crippen LogP contribution in [0.1, 0.15) is 34.7 Å². The van der Waals surface area contributed by atoms with Gasteiger partial charge in [-0.2, -0.15) is 5.10 Å². The van der Waals surface area contributed by atoms with Gasteiger partial charge in [0.15, 0.2) is 0 Å². The molecule has 0 radical (unpaired) electrons. The lowest BCUT2D eigenvalue weighted by Gasteiger charge is -2.38. The molecule has 110 valence electrons. The molecule has 1 N–H and O–H groups in total. The van der Waals surface area contributed by atoms with Crippen molar-refractivity contribution in [3.63, 3.8) is 0 Å². The van der Waals surface area contributed by atoms with E-state index in [1.807, 2.05) is 49.1 Å². The van der Waals surface area contributed by atoms with E-state index in [1.165, 1.54) is 0 Å². The van der Waals surface area contributed by atoms with Crippen LogP contribution in [0, 0.1) is 6.92 Å². The first-order valence-corrected chi connectivity index (χ1v) is 7.14. The number of carbonyl (C=O) groups excluding carboxylic acids is 1. The molecule has 2 heterocycles. The molecule has 1 aromatic carbocycles. The number of rotatable bonds is 2. The Hall–Kier alpha value is -2.14. The summed E-state index contributed by atoms with van der Waals surface area (Å²) in [6.45, 7) is 4.96. The minimum absolute atomic E-state index is 0.0361. The SMILES string of the molecule is Cc1cc(C(=O)N2C[C@H](C)OC[C@H]2c2ccccc2)n[nH]1. The van der Waals surface area contributed by atoms with Crippen molar-refractivity contribution in [2.75, 3.05) is 13.2 Å². The van der Waals surface area contributed by atoms with Gasteiger partial charge in [0.05, 0.1) is 18.8 Å². The molecule has 0 saturated carbocycles. The van der Waals surface area contributed by atoms with Crippen LogP contribution in [0.2, 0.25) is 0 Å². The van der Waals surface area contributed by atoms with Gasteiger partial charge in [0.1, 0.15) is 5.69 Å². The Labute approximate surface area is 123 Å². The predicted octanol–water partition coefficient (Wildman–Crippen LogP) is 2.32. The number of amides is 1. The predicted molar refractivity (Wildman–Crippen MR) is 79.0 cm³/mol. The van der Waals surface area contributed by atoms with Crippen molar-refractivity contribution in [1.29, 1.82) is 0 Å². The molecule has 5 heteroatoms. The number of hydrogen-bond donors (Lipinski definition) is 1. The van der Waals surface area contributed by atoms with E-state index >= 15 is 0 Å². The molecule has 5 nitrogen and oxygen atoms in total. The molecule has 1 aromatic heterocycles. The van der Waals surface area contributed by atoms with Crippen molar-refractivity contribution >= 4 is 5.91 Å². The van der Waals surface area contributed by atoms with Gasteiger partial charge in [0, 0.05) is 12.2 Å². The van der Waals surface area contributed by atoms with Crippen LogP contribution in [0.4, 0.5) is 0 Å². The highest BCUT2D eigenvalue weighted by Crippen LogP contribution is 2.27. The Kier molecular flexibility index (Phi) is 3.75. The van der Waals surface area contributed by atoms with E-state index in [2.05, 4.69) is 10.2 Å². The molecule has 2 atom stereocenters. The van der Waals surface area contributed by atoms with E-state index in [9.17, 15) is 4.79 Å². The van der Waals surface area contributed by atoms with Gasteiger partial charge in [-0.15, -0.1) is 0 Å². The smallest absolute Gasteiger partial charge is 0.275 e. The molecule has 1 saturated heterocycles.